The fourth-order valence-corrected chi connectivity index (χ4v) is 2.79. The van der Waals surface area contributed by atoms with Crippen LogP contribution in [0.25, 0.3) is 0 Å². The molecular formula is C17H24N2O5. The van der Waals surface area contributed by atoms with E-state index in [0.717, 1.165) is 11.1 Å². The van der Waals surface area contributed by atoms with Crippen LogP contribution in [0.5, 0.6) is 0 Å². The highest BCUT2D eigenvalue weighted by atomic mass is 16.5. The number of carbonyl (C=O) groups is 2. The van der Waals surface area contributed by atoms with Crippen molar-refractivity contribution in [1.82, 2.24) is 10.2 Å². The number of ether oxygens (including phenoxy) is 1. The number of benzene rings is 1. The fourth-order valence-electron chi connectivity index (χ4n) is 2.79. The van der Waals surface area contributed by atoms with E-state index in [9.17, 15) is 14.7 Å². The molecule has 2 rings (SSSR count). The van der Waals surface area contributed by atoms with E-state index < -0.39 is 12.1 Å². The van der Waals surface area contributed by atoms with Gasteiger partial charge in [-0.3, -0.25) is 9.69 Å². The number of aliphatic hydroxyl groups excluding tert-OH is 1. The lowest BCUT2D eigenvalue weighted by atomic mass is 10.1. The molecule has 24 heavy (non-hydrogen) atoms. The Morgan fingerprint density at radius 1 is 1.38 bits per heavy atom. The number of aryl methyl sites for hydroxylation is 1. The van der Waals surface area contributed by atoms with Gasteiger partial charge in [-0.15, -0.1) is 0 Å². The molecule has 1 aliphatic rings. The number of hydrogen-bond donors (Lipinski definition) is 3. The first-order valence-electron chi connectivity index (χ1n) is 8.02. The standard InChI is InChI=1S/C17H24N2O5/c1-3-24-15-9-19(8-14(15)20)10-16(21)18-7-13-6-12(17(22)23)5-4-11(13)2/h4-6,14-15,20H,3,7-10H2,1-2H3,(H,18,21)(H,22,23)/t14-,15-/m1/s1. The molecule has 1 aliphatic heterocycles. The Balaban J connectivity index is 1.86. The van der Waals surface area contributed by atoms with Crippen molar-refractivity contribution >= 4 is 11.9 Å². The maximum atomic E-state index is 12.1. The summed E-state index contributed by atoms with van der Waals surface area (Å²) in [7, 11) is 0. The lowest BCUT2D eigenvalue weighted by molar-refractivity contribution is -0.122. The Labute approximate surface area is 141 Å². The smallest absolute Gasteiger partial charge is 0.335 e. The lowest BCUT2D eigenvalue weighted by Crippen LogP contribution is -2.36. The molecule has 0 unspecified atom stereocenters. The molecule has 0 aliphatic carbocycles. The first-order chi connectivity index (χ1) is 11.4. The van der Waals surface area contributed by atoms with Gasteiger partial charge in [-0.1, -0.05) is 6.07 Å². The molecule has 7 nitrogen and oxygen atoms in total. The number of hydrogen-bond acceptors (Lipinski definition) is 5. The molecule has 1 aromatic carbocycles. The Kier molecular flexibility index (Phi) is 6.30. The van der Waals surface area contributed by atoms with Gasteiger partial charge in [-0.25, -0.2) is 4.79 Å². The number of β-amino-alcohol motifs (C(OH)–C–C–N with tert-alkyl or cyclic N) is 1. The summed E-state index contributed by atoms with van der Waals surface area (Å²) in [6, 6.07) is 4.85. The van der Waals surface area contributed by atoms with Crippen LogP contribution in [0.1, 0.15) is 28.4 Å². The number of aliphatic hydroxyl groups is 1. The van der Waals surface area contributed by atoms with Gasteiger partial charge >= 0.3 is 5.97 Å². The van der Waals surface area contributed by atoms with E-state index in [1.165, 1.54) is 0 Å². The first kappa shape index (κ1) is 18.4. The Hall–Kier alpha value is -1.96. The first-order valence-corrected chi connectivity index (χ1v) is 8.02. The lowest BCUT2D eigenvalue weighted by Gasteiger charge is -2.15. The van der Waals surface area contributed by atoms with Gasteiger partial charge in [0.05, 0.1) is 24.3 Å². The largest absolute Gasteiger partial charge is 0.478 e. The van der Waals surface area contributed by atoms with E-state index in [0.29, 0.717) is 19.7 Å². The van der Waals surface area contributed by atoms with Crippen LogP contribution in [-0.4, -0.2) is 65.4 Å². The number of carboxylic acids is 1. The van der Waals surface area contributed by atoms with Crippen LogP contribution in [0.4, 0.5) is 0 Å². The summed E-state index contributed by atoms with van der Waals surface area (Å²) in [4.78, 5) is 24.9. The molecule has 1 aromatic rings. The molecule has 2 atom stereocenters. The van der Waals surface area contributed by atoms with Gasteiger partial charge < -0.3 is 20.3 Å². The Morgan fingerprint density at radius 2 is 2.12 bits per heavy atom. The molecule has 0 aromatic heterocycles. The zero-order valence-electron chi connectivity index (χ0n) is 14.0. The molecule has 1 heterocycles. The number of nitrogens with one attached hydrogen (secondary N) is 1. The predicted molar refractivity (Wildman–Crippen MR) is 87.8 cm³/mol. The number of nitrogens with zero attached hydrogens (tertiary/aromatic N) is 1. The number of aromatic carboxylic acids is 1. The van der Waals surface area contributed by atoms with Crippen LogP contribution in [0.2, 0.25) is 0 Å². The van der Waals surface area contributed by atoms with Crippen molar-refractivity contribution in [3.63, 3.8) is 0 Å². The molecule has 132 valence electrons. The highest BCUT2D eigenvalue weighted by molar-refractivity contribution is 5.88. The molecule has 3 N–H and O–H groups in total. The minimum absolute atomic E-state index is 0.167. The quantitative estimate of drug-likeness (QED) is 0.666. The van der Waals surface area contributed by atoms with Crippen LogP contribution in [0.15, 0.2) is 18.2 Å². The van der Waals surface area contributed by atoms with Crippen molar-refractivity contribution < 1.29 is 24.5 Å². The summed E-state index contributed by atoms with van der Waals surface area (Å²) in [6.07, 6.45) is -0.829. The van der Waals surface area contributed by atoms with Gasteiger partial charge in [0.15, 0.2) is 0 Å². The monoisotopic (exact) mass is 336 g/mol. The minimum Gasteiger partial charge on any atom is -0.478 e. The van der Waals surface area contributed by atoms with Crippen LogP contribution >= 0.6 is 0 Å². The summed E-state index contributed by atoms with van der Waals surface area (Å²) in [6.45, 7) is 5.66. The number of carbonyl (C=O) groups excluding carboxylic acids is 1. The molecule has 0 bridgehead atoms. The second-order valence-corrected chi connectivity index (χ2v) is 5.98. The van der Waals surface area contributed by atoms with Crippen molar-refractivity contribution in [2.45, 2.75) is 32.6 Å². The second-order valence-electron chi connectivity index (χ2n) is 5.98. The van der Waals surface area contributed by atoms with Gasteiger partial charge in [0, 0.05) is 26.2 Å². The average Bonchev–Trinajstić information content (AvgIpc) is 2.86. The summed E-state index contributed by atoms with van der Waals surface area (Å²) in [5, 5.41) is 21.7. The molecule has 1 fully saturated rings. The third kappa shape index (κ3) is 4.77. The molecule has 7 heteroatoms. The summed E-state index contributed by atoms with van der Waals surface area (Å²) < 4.78 is 5.43. The van der Waals surface area contributed by atoms with Crippen LogP contribution in [0, 0.1) is 6.92 Å². The van der Waals surface area contributed by atoms with Crippen molar-refractivity contribution in [2.75, 3.05) is 26.2 Å². The predicted octanol–water partition coefficient (Wildman–Crippen LogP) is 0.391. The third-order valence-electron chi connectivity index (χ3n) is 4.13. The van der Waals surface area contributed by atoms with Crippen LogP contribution < -0.4 is 5.32 Å². The fraction of sp³-hybridized carbons (Fsp3) is 0.529. The third-order valence-corrected chi connectivity index (χ3v) is 4.13. The highest BCUT2D eigenvalue weighted by Crippen LogP contribution is 2.14. The van der Waals surface area contributed by atoms with Gasteiger partial charge in [0.25, 0.3) is 0 Å². The maximum Gasteiger partial charge on any atom is 0.335 e. The van der Waals surface area contributed by atoms with Crippen molar-refractivity contribution in [2.24, 2.45) is 0 Å². The van der Waals surface area contributed by atoms with Gasteiger partial charge in [-0.05, 0) is 37.1 Å². The molecule has 1 amide bonds. The van der Waals surface area contributed by atoms with E-state index in [-0.39, 0.29) is 30.7 Å². The van der Waals surface area contributed by atoms with Gasteiger partial charge in [-0.2, -0.15) is 0 Å². The van der Waals surface area contributed by atoms with Crippen molar-refractivity contribution in [3.8, 4) is 0 Å². The number of amides is 1. The van der Waals surface area contributed by atoms with E-state index in [1.54, 1.807) is 18.2 Å². The molecule has 0 spiro atoms. The summed E-state index contributed by atoms with van der Waals surface area (Å²) in [5.74, 6) is -1.16. The SMILES string of the molecule is CCO[C@@H]1CN(CC(=O)NCc2cc(C(=O)O)ccc2C)C[C@H]1O. The molecule has 0 radical (unpaired) electrons. The number of carboxylic acid groups (broad SMARTS) is 1. The maximum absolute atomic E-state index is 12.1. The summed E-state index contributed by atoms with van der Waals surface area (Å²) >= 11 is 0. The van der Waals surface area contributed by atoms with E-state index in [2.05, 4.69) is 5.32 Å². The van der Waals surface area contributed by atoms with Crippen LogP contribution in [-0.2, 0) is 16.1 Å². The van der Waals surface area contributed by atoms with Crippen molar-refractivity contribution in [3.05, 3.63) is 34.9 Å². The van der Waals surface area contributed by atoms with Crippen molar-refractivity contribution in [1.29, 1.82) is 0 Å². The zero-order chi connectivity index (χ0) is 17.7. The number of rotatable bonds is 7. The van der Waals surface area contributed by atoms with Gasteiger partial charge in [0.1, 0.15) is 0 Å². The van der Waals surface area contributed by atoms with E-state index in [1.807, 2.05) is 18.7 Å². The molecule has 0 saturated carbocycles. The van der Waals surface area contributed by atoms with Crippen LogP contribution in [0.3, 0.4) is 0 Å². The van der Waals surface area contributed by atoms with Gasteiger partial charge in [0.2, 0.25) is 5.91 Å². The highest BCUT2D eigenvalue weighted by Gasteiger charge is 2.32. The topological polar surface area (TPSA) is 99.1 Å². The normalized spacial score (nSPS) is 21.0. The number of likely N-dealkylation sites (tertiary alicyclic amines) is 1. The molecular weight excluding hydrogens is 312 g/mol. The van der Waals surface area contributed by atoms with E-state index in [4.69, 9.17) is 9.84 Å². The minimum atomic E-state index is -0.990. The Bertz CT molecular complexity index is 605. The summed E-state index contributed by atoms with van der Waals surface area (Å²) in [5.41, 5.74) is 1.90. The molecule has 1 saturated heterocycles. The second kappa shape index (κ2) is 8.23. The van der Waals surface area contributed by atoms with E-state index >= 15 is 0 Å². The Morgan fingerprint density at radius 3 is 2.79 bits per heavy atom. The average molecular weight is 336 g/mol. The zero-order valence-corrected chi connectivity index (χ0v) is 14.0.